The van der Waals surface area contributed by atoms with Gasteiger partial charge in [-0.15, -0.1) is 0 Å². The van der Waals surface area contributed by atoms with Crippen molar-refractivity contribution in [2.45, 2.75) is 0 Å². The molecule has 80 valence electrons. The van der Waals surface area contributed by atoms with E-state index in [1.54, 1.807) is 18.3 Å². The summed E-state index contributed by atoms with van der Waals surface area (Å²) in [5.41, 5.74) is 0.662. The van der Waals surface area contributed by atoms with E-state index in [1.807, 2.05) is 0 Å². The summed E-state index contributed by atoms with van der Waals surface area (Å²) in [6, 6.07) is 3.48. The number of carbonyl (C=O) groups is 1. The minimum absolute atomic E-state index is 0.539. The Kier molecular flexibility index (Phi) is 2.73. The molecule has 0 radical (unpaired) electrons. The van der Waals surface area contributed by atoms with Crippen LogP contribution in [0.4, 0.5) is 0 Å². The van der Waals surface area contributed by atoms with E-state index in [9.17, 15) is 4.79 Å². The van der Waals surface area contributed by atoms with Crippen molar-refractivity contribution in [1.82, 2.24) is 19.7 Å². The third-order valence-electron chi connectivity index (χ3n) is 1.86. The molecule has 2 heterocycles. The fourth-order valence-corrected chi connectivity index (χ4v) is 1.21. The molecule has 0 aliphatic rings. The van der Waals surface area contributed by atoms with Gasteiger partial charge in [0, 0.05) is 17.8 Å². The molecule has 6 nitrogen and oxygen atoms in total. The van der Waals surface area contributed by atoms with E-state index >= 15 is 0 Å². The molecule has 16 heavy (non-hydrogen) atoms. The van der Waals surface area contributed by atoms with E-state index in [2.05, 4.69) is 15.1 Å². The molecule has 0 aliphatic heterocycles. The molecular weight excluding hydrogens is 208 g/mol. The molecule has 0 aliphatic carbocycles. The van der Waals surface area contributed by atoms with Crippen molar-refractivity contribution in [2.24, 2.45) is 0 Å². The molecule has 0 saturated carbocycles. The standard InChI is InChI=1S/C10H8N4O2/c15-9(16)4-3-8-2-1-5-12-10(8)14-7-11-6-13-14/h1-7H,(H,15,16)/b4-3+. The SMILES string of the molecule is O=C(O)/C=C/c1cccnc1-n1cncn1. The lowest BCUT2D eigenvalue weighted by Crippen LogP contribution is -2.00. The van der Waals surface area contributed by atoms with Crippen LogP contribution in [0.25, 0.3) is 11.9 Å². The van der Waals surface area contributed by atoms with Gasteiger partial charge in [-0.3, -0.25) is 0 Å². The summed E-state index contributed by atoms with van der Waals surface area (Å²) in [4.78, 5) is 18.4. The maximum atomic E-state index is 10.4. The molecule has 0 aromatic carbocycles. The second-order valence-corrected chi connectivity index (χ2v) is 2.93. The number of pyridine rings is 1. The molecule has 0 unspecified atom stereocenters. The zero-order valence-electron chi connectivity index (χ0n) is 8.19. The van der Waals surface area contributed by atoms with Gasteiger partial charge in [-0.1, -0.05) is 0 Å². The van der Waals surface area contributed by atoms with E-state index in [1.165, 1.54) is 23.4 Å². The van der Waals surface area contributed by atoms with Gasteiger partial charge in [-0.25, -0.2) is 19.4 Å². The van der Waals surface area contributed by atoms with Gasteiger partial charge in [-0.2, -0.15) is 5.10 Å². The molecule has 0 atom stereocenters. The highest BCUT2D eigenvalue weighted by Crippen LogP contribution is 2.11. The van der Waals surface area contributed by atoms with E-state index in [0.717, 1.165) is 6.08 Å². The van der Waals surface area contributed by atoms with E-state index < -0.39 is 5.97 Å². The van der Waals surface area contributed by atoms with E-state index in [0.29, 0.717) is 11.4 Å². The highest BCUT2D eigenvalue weighted by atomic mass is 16.4. The average molecular weight is 216 g/mol. The van der Waals surface area contributed by atoms with Crippen molar-refractivity contribution in [2.75, 3.05) is 0 Å². The van der Waals surface area contributed by atoms with Crippen molar-refractivity contribution in [3.05, 3.63) is 42.6 Å². The average Bonchev–Trinajstić information content (AvgIpc) is 2.80. The van der Waals surface area contributed by atoms with Gasteiger partial charge in [0.05, 0.1) is 0 Å². The fourth-order valence-electron chi connectivity index (χ4n) is 1.21. The largest absolute Gasteiger partial charge is 0.478 e. The summed E-state index contributed by atoms with van der Waals surface area (Å²) >= 11 is 0. The minimum Gasteiger partial charge on any atom is -0.478 e. The summed E-state index contributed by atoms with van der Waals surface area (Å²) < 4.78 is 1.47. The van der Waals surface area contributed by atoms with Crippen LogP contribution in [0.1, 0.15) is 5.56 Å². The Hall–Kier alpha value is -2.50. The maximum Gasteiger partial charge on any atom is 0.328 e. The summed E-state index contributed by atoms with van der Waals surface area (Å²) in [5, 5.41) is 12.5. The lowest BCUT2D eigenvalue weighted by atomic mass is 10.2. The smallest absolute Gasteiger partial charge is 0.328 e. The summed E-state index contributed by atoms with van der Waals surface area (Å²) in [7, 11) is 0. The van der Waals surface area contributed by atoms with Gasteiger partial charge < -0.3 is 5.11 Å². The van der Waals surface area contributed by atoms with Crippen LogP contribution in [0.5, 0.6) is 0 Å². The lowest BCUT2D eigenvalue weighted by molar-refractivity contribution is -0.131. The first-order valence-electron chi connectivity index (χ1n) is 4.48. The molecule has 0 bridgehead atoms. The molecule has 2 aromatic heterocycles. The molecule has 2 rings (SSSR count). The Balaban J connectivity index is 2.42. The van der Waals surface area contributed by atoms with Crippen LogP contribution >= 0.6 is 0 Å². The predicted octanol–water partition coefficient (Wildman–Crippen LogP) is 0.760. The van der Waals surface area contributed by atoms with Crippen LogP contribution in [-0.4, -0.2) is 30.8 Å². The van der Waals surface area contributed by atoms with E-state index in [-0.39, 0.29) is 0 Å². The molecule has 0 spiro atoms. The van der Waals surface area contributed by atoms with Crippen molar-refractivity contribution in [3.8, 4) is 5.82 Å². The normalized spacial score (nSPS) is 10.8. The third-order valence-corrected chi connectivity index (χ3v) is 1.86. The number of carboxylic acid groups (broad SMARTS) is 1. The van der Waals surface area contributed by atoms with Gasteiger partial charge in [0.15, 0.2) is 5.82 Å². The maximum absolute atomic E-state index is 10.4. The molecule has 1 N–H and O–H groups in total. The quantitative estimate of drug-likeness (QED) is 0.766. The molecule has 0 fully saturated rings. The highest BCUT2D eigenvalue weighted by molar-refractivity contribution is 5.85. The van der Waals surface area contributed by atoms with E-state index in [4.69, 9.17) is 5.11 Å². The molecule has 0 saturated heterocycles. The molecule has 6 heteroatoms. The van der Waals surface area contributed by atoms with Crippen LogP contribution in [0, 0.1) is 0 Å². The first-order valence-corrected chi connectivity index (χ1v) is 4.48. The number of hydrogen-bond donors (Lipinski definition) is 1. The van der Waals surface area contributed by atoms with Crippen LogP contribution in [0.15, 0.2) is 37.1 Å². The fraction of sp³-hybridized carbons (Fsp3) is 0. The van der Waals surface area contributed by atoms with Crippen LogP contribution < -0.4 is 0 Å². The van der Waals surface area contributed by atoms with Crippen LogP contribution in [-0.2, 0) is 4.79 Å². The number of rotatable bonds is 3. The van der Waals surface area contributed by atoms with Gasteiger partial charge in [0.25, 0.3) is 0 Å². The minimum atomic E-state index is -1.01. The van der Waals surface area contributed by atoms with Crippen molar-refractivity contribution in [3.63, 3.8) is 0 Å². The highest BCUT2D eigenvalue weighted by Gasteiger charge is 2.03. The Morgan fingerprint density at radius 2 is 2.38 bits per heavy atom. The first kappa shape index (κ1) is 10.0. The molecular formula is C10H8N4O2. The second kappa shape index (κ2) is 4.35. The second-order valence-electron chi connectivity index (χ2n) is 2.93. The van der Waals surface area contributed by atoms with Gasteiger partial charge in [-0.05, 0) is 18.2 Å². The van der Waals surface area contributed by atoms with Gasteiger partial charge in [0.2, 0.25) is 0 Å². The third kappa shape index (κ3) is 2.11. The number of nitrogens with zero attached hydrogens (tertiary/aromatic N) is 4. The Morgan fingerprint density at radius 1 is 1.50 bits per heavy atom. The molecule has 0 amide bonds. The zero-order chi connectivity index (χ0) is 11.4. The van der Waals surface area contributed by atoms with Gasteiger partial charge in [0.1, 0.15) is 12.7 Å². The lowest BCUT2D eigenvalue weighted by Gasteiger charge is -2.02. The number of hydrogen-bond acceptors (Lipinski definition) is 4. The van der Waals surface area contributed by atoms with Crippen molar-refractivity contribution >= 4 is 12.0 Å². The Morgan fingerprint density at radius 3 is 3.06 bits per heavy atom. The van der Waals surface area contributed by atoms with Crippen molar-refractivity contribution in [1.29, 1.82) is 0 Å². The Bertz CT molecular complexity index is 519. The zero-order valence-corrected chi connectivity index (χ0v) is 8.19. The first-order chi connectivity index (χ1) is 7.77. The number of aliphatic carboxylic acids is 1. The predicted molar refractivity (Wildman–Crippen MR) is 55.8 cm³/mol. The van der Waals surface area contributed by atoms with Crippen molar-refractivity contribution < 1.29 is 9.90 Å². The summed E-state index contributed by atoms with van der Waals surface area (Å²) in [6.45, 7) is 0. The topological polar surface area (TPSA) is 80.9 Å². The number of aromatic nitrogens is 4. The van der Waals surface area contributed by atoms with Gasteiger partial charge >= 0.3 is 5.97 Å². The molecule has 2 aromatic rings. The number of carboxylic acids is 1. The van der Waals surface area contributed by atoms with Crippen LogP contribution in [0.3, 0.4) is 0 Å². The summed E-state index contributed by atoms with van der Waals surface area (Å²) in [6.07, 6.45) is 7.01. The summed E-state index contributed by atoms with van der Waals surface area (Å²) in [5.74, 6) is -0.467. The monoisotopic (exact) mass is 216 g/mol. The Labute approximate surface area is 90.9 Å². The van der Waals surface area contributed by atoms with Crippen LogP contribution in [0.2, 0.25) is 0 Å².